The highest BCUT2D eigenvalue weighted by Crippen LogP contribution is 2.33. The zero-order chi connectivity index (χ0) is 22.3. The van der Waals surface area contributed by atoms with E-state index < -0.39 is 34.6 Å². The number of carbonyl (C=O) groups is 2. The Balaban J connectivity index is 1.63. The number of nitrogens with one attached hydrogen (secondary N) is 1. The van der Waals surface area contributed by atoms with Crippen LogP contribution in [0.5, 0.6) is 5.75 Å². The number of hydrogen-bond donors (Lipinski definition) is 2. The van der Waals surface area contributed by atoms with Gasteiger partial charge < -0.3 is 19.9 Å². The summed E-state index contributed by atoms with van der Waals surface area (Å²) in [5.74, 6) is -3.83. The minimum Gasteiger partial charge on any atom is -0.503 e. The van der Waals surface area contributed by atoms with Crippen molar-refractivity contribution in [1.82, 2.24) is 19.8 Å². The van der Waals surface area contributed by atoms with Gasteiger partial charge in [-0.1, -0.05) is 6.92 Å². The van der Waals surface area contributed by atoms with Crippen LogP contribution in [0.3, 0.4) is 0 Å². The van der Waals surface area contributed by atoms with Crippen molar-refractivity contribution in [3.05, 3.63) is 57.3 Å². The summed E-state index contributed by atoms with van der Waals surface area (Å²) >= 11 is 0. The normalized spacial score (nSPS) is 20.2. The fourth-order valence-electron chi connectivity index (χ4n) is 4.44. The number of pyridine rings is 2. The van der Waals surface area contributed by atoms with E-state index in [0.29, 0.717) is 12.6 Å². The zero-order valence-electron chi connectivity index (χ0n) is 16.9. The first-order chi connectivity index (χ1) is 14.8. The third-order valence-electron chi connectivity index (χ3n) is 5.98. The molecule has 0 spiro atoms. The highest BCUT2D eigenvalue weighted by atomic mass is 19.1. The molecule has 4 heterocycles. The lowest BCUT2D eigenvalue weighted by atomic mass is 9.91. The van der Waals surface area contributed by atoms with E-state index in [4.69, 9.17) is 0 Å². The minimum absolute atomic E-state index is 0.0515. The molecule has 0 aromatic carbocycles. The van der Waals surface area contributed by atoms with Crippen molar-refractivity contribution in [2.75, 3.05) is 0 Å². The summed E-state index contributed by atoms with van der Waals surface area (Å²) in [6, 6.07) is 0.615. The van der Waals surface area contributed by atoms with Crippen molar-refractivity contribution in [3.8, 4) is 5.75 Å². The summed E-state index contributed by atoms with van der Waals surface area (Å²) in [6.45, 7) is 1.98. The molecule has 0 radical (unpaired) electrons. The van der Waals surface area contributed by atoms with Crippen molar-refractivity contribution in [2.24, 2.45) is 0 Å². The van der Waals surface area contributed by atoms with Crippen LogP contribution in [0.15, 0.2) is 23.3 Å². The molecule has 0 bridgehead atoms. The number of amides is 2. The van der Waals surface area contributed by atoms with Crippen LogP contribution < -0.4 is 10.7 Å². The highest BCUT2D eigenvalue weighted by molar-refractivity contribution is 5.99. The Morgan fingerprint density at radius 2 is 2.10 bits per heavy atom. The average molecular weight is 432 g/mol. The van der Waals surface area contributed by atoms with Gasteiger partial charge >= 0.3 is 0 Å². The molecule has 2 atom stereocenters. The smallest absolute Gasteiger partial charge is 0.275 e. The van der Waals surface area contributed by atoms with Gasteiger partial charge in [-0.05, 0) is 25.7 Å². The van der Waals surface area contributed by atoms with Gasteiger partial charge in [-0.25, -0.2) is 8.78 Å². The van der Waals surface area contributed by atoms with Gasteiger partial charge in [0.25, 0.3) is 11.8 Å². The van der Waals surface area contributed by atoms with Crippen molar-refractivity contribution < 1.29 is 23.5 Å². The predicted octanol–water partition coefficient (Wildman–Crippen LogP) is 1.94. The Bertz CT molecular complexity index is 1120. The van der Waals surface area contributed by atoms with Gasteiger partial charge in [0.2, 0.25) is 5.43 Å². The fraction of sp³-hybridized carbons (Fsp3) is 0.429. The maximum Gasteiger partial charge on any atom is 0.275 e. The van der Waals surface area contributed by atoms with Crippen molar-refractivity contribution in [3.63, 3.8) is 0 Å². The van der Waals surface area contributed by atoms with E-state index in [1.807, 2.05) is 6.92 Å². The molecule has 2 aliphatic heterocycles. The summed E-state index contributed by atoms with van der Waals surface area (Å²) in [7, 11) is 0. The molecule has 31 heavy (non-hydrogen) atoms. The Morgan fingerprint density at radius 3 is 2.81 bits per heavy atom. The molecule has 4 rings (SSSR count). The van der Waals surface area contributed by atoms with Crippen LogP contribution in [-0.2, 0) is 13.1 Å². The molecule has 0 unspecified atom stereocenters. The van der Waals surface area contributed by atoms with Gasteiger partial charge in [0, 0.05) is 24.8 Å². The third kappa shape index (κ3) is 3.66. The molecule has 2 aromatic heterocycles. The summed E-state index contributed by atoms with van der Waals surface area (Å²) < 4.78 is 28.2. The van der Waals surface area contributed by atoms with Crippen LogP contribution in [0.1, 0.15) is 59.1 Å². The molecule has 1 saturated heterocycles. The van der Waals surface area contributed by atoms with E-state index in [2.05, 4.69) is 10.3 Å². The molecule has 164 valence electrons. The first-order valence-electron chi connectivity index (χ1n) is 10.2. The molecule has 2 amide bonds. The van der Waals surface area contributed by atoms with Crippen LogP contribution in [0, 0.1) is 11.6 Å². The van der Waals surface area contributed by atoms with E-state index in [1.54, 1.807) is 4.90 Å². The van der Waals surface area contributed by atoms with Crippen molar-refractivity contribution >= 4 is 11.8 Å². The summed E-state index contributed by atoms with van der Waals surface area (Å²) in [5, 5.41) is 12.8. The van der Waals surface area contributed by atoms with Gasteiger partial charge in [0.15, 0.2) is 11.4 Å². The molecule has 1 fully saturated rings. The standard InChI is InChI=1S/C21H22F2N4O4/c1-2-12-4-3-5-13-9-26-10-14(18(28)19(29)17(26)21(31)27(12)13)20(30)25-8-16-15(23)6-11(22)7-24-16/h6-7,10,12-13,29H,2-5,8-9H2,1H3,(H,25,30)/t12-,13-/m1/s1. The molecule has 2 N–H and O–H groups in total. The number of nitrogens with zero attached hydrogens (tertiary/aromatic N) is 3. The quantitative estimate of drug-likeness (QED) is 0.769. The second kappa shape index (κ2) is 8.09. The van der Waals surface area contributed by atoms with E-state index in [9.17, 15) is 28.3 Å². The monoisotopic (exact) mass is 432 g/mol. The first kappa shape index (κ1) is 21.0. The number of piperidine rings is 1. The summed E-state index contributed by atoms with van der Waals surface area (Å²) in [5.41, 5.74) is -1.67. The molecule has 10 heteroatoms. The number of hydrogen-bond acceptors (Lipinski definition) is 5. The molecule has 2 aromatic rings. The molecule has 0 aliphatic carbocycles. The van der Waals surface area contributed by atoms with E-state index in [0.717, 1.165) is 31.9 Å². The van der Waals surface area contributed by atoms with E-state index >= 15 is 0 Å². The van der Waals surface area contributed by atoms with Crippen LogP contribution in [-0.4, -0.2) is 43.5 Å². The molecular formula is C21H22F2N4O4. The van der Waals surface area contributed by atoms with Crippen molar-refractivity contribution in [1.29, 1.82) is 0 Å². The fourth-order valence-corrected chi connectivity index (χ4v) is 4.44. The second-order valence-electron chi connectivity index (χ2n) is 7.85. The maximum atomic E-state index is 13.7. The number of rotatable bonds is 4. The van der Waals surface area contributed by atoms with Gasteiger partial charge in [-0.15, -0.1) is 0 Å². The third-order valence-corrected chi connectivity index (χ3v) is 5.98. The minimum atomic E-state index is -0.979. The largest absolute Gasteiger partial charge is 0.503 e. The van der Waals surface area contributed by atoms with Crippen LogP contribution in [0.2, 0.25) is 0 Å². The molecule has 2 aliphatic rings. The Kier molecular flexibility index (Phi) is 5.47. The van der Waals surface area contributed by atoms with Gasteiger partial charge in [0.1, 0.15) is 17.2 Å². The predicted molar refractivity (Wildman–Crippen MR) is 106 cm³/mol. The van der Waals surface area contributed by atoms with Crippen molar-refractivity contribution in [2.45, 2.75) is 57.8 Å². The lowest BCUT2D eigenvalue weighted by Crippen LogP contribution is -2.55. The topological polar surface area (TPSA) is 105 Å². The number of aromatic hydroxyl groups is 1. The second-order valence-corrected chi connectivity index (χ2v) is 7.85. The Hall–Kier alpha value is -3.30. The summed E-state index contributed by atoms with van der Waals surface area (Å²) in [4.78, 5) is 43.6. The average Bonchev–Trinajstić information content (AvgIpc) is 2.74. The highest BCUT2D eigenvalue weighted by Gasteiger charge is 2.40. The van der Waals surface area contributed by atoms with Crippen LogP contribution >= 0.6 is 0 Å². The van der Waals surface area contributed by atoms with Gasteiger partial charge in [-0.3, -0.25) is 19.4 Å². The van der Waals surface area contributed by atoms with E-state index in [-0.39, 0.29) is 35.6 Å². The number of carbonyl (C=O) groups excluding carboxylic acids is 2. The number of halogens is 2. The van der Waals surface area contributed by atoms with Gasteiger partial charge in [-0.2, -0.15) is 0 Å². The SMILES string of the molecule is CC[C@@H]1CCC[C@@H]2Cn3cc(C(=O)NCc4ncc(F)cc4F)c(=O)c(O)c3C(=O)N12. The van der Waals surface area contributed by atoms with Crippen LogP contribution in [0.4, 0.5) is 8.78 Å². The molecule has 0 saturated carbocycles. The van der Waals surface area contributed by atoms with Gasteiger partial charge in [0.05, 0.1) is 24.5 Å². The lowest BCUT2D eigenvalue weighted by Gasteiger charge is -2.45. The summed E-state index contributed by atoms with van der Waals surface area (Å²) in [6.07, 6.45) is 5.49. The van der Waals surface area contributed by atoms with Crippen LogP contribution in [0.25, 0.3) is 0 Å². The zero-order valence-corrected chi connectivity index (χ0v) is 16.9. The maximum absolute atomic E-state index is 13.7. The first-order valence-corrected chi connectivity index (χ1v) is 10.2. The lowest BCUT2D eigenvalue weighted by molar-refractivity contribution is 0.0313. The number of fused-ring (bicyclic) bond motifs is 2. The Morgan fingerprint density at radius 1 is 1.32 bits per heavy atom. The Labute approximate surface area is 176 Å². The molecule has 8 nitrogen and oxygen atoms in total. The van der Waals surface area contributed by atoms with E-state index in [1.165, 1.54) is 10.8 Å². The number of aromatic nitrogens is 2. The molecular weight excluding hydrogens is 410 g/mol.